The lowest BCUT2D eigenvalue weighted by atomic mass is 10.2. The molecule has 0 atom stereocenters. The Bertz CT molecular complexity index is 444. The third-order valence-corrected chi connectivity index (χ3v) is 2.99. The summed E-state index contributed by atoms with van der Waals surface area (Å²) >= 11 is 0. The zero-order valence-electron chi connectivity index (χ0n) is 12.6. The number of nitro groups is 1. The molecule has 0 bridgehead atoms. The van der Waals surface area contributed by atoms with Gasteiger partial charge in [-0.3, -0.25) is 10.1 Å². The monoisotopic (exact) mass is 297 g/mol. The Morgan fingerprint density at radius 2 is 1.76 bits per heavy atom. The summed E-state index contributed by atoms with van der Waals surface area (Å²) in [7, 11) is 0. The fraction of sp³-hybridized carbons (Fsp3) is 0.571. The van der Waals surface area contributed by atoms with Gasteiger partial charge in [0.05, 0.1) is 18.1 Å². The van der Waals surface area contributed by atoms with Crippen LogP contribution in [0.15, 0.2) is 18.2 Å². The lowest BCUT2D eigenvalue weighted by Crippen LogP contribution is -2.31. The van der Waals surface area contributed by atoms with Crippen molar-refractivity contribution < 1.29 is 14.4 Å². The molecule has 0 radical (unpaired) electrons. The van der Waals surface area contributed by atoms with Crippen LogP contribution in [0.3, 0.4) is 0 Å². The van der Waals surface area contributed by atoms with E-state index in [1.165, 1.54) is 6.07 Å². The second kappa shape index (κ2) is 9.15. The van der Waals surface area contributed by atoms with Gasteiger partial charge < -0.3 is 20.1 Å². The average molecular weight is 297 g/mol. The summed E-state index contributed by atoms with van der Waals surface area (Å²) in [6.07, 6.45) is 0. The van der Waals surface area contributed by atoms with Crippen molar-refractivity contribution in [3.05, 3.63) is 28.3 Å². The minimum Gasteiger partial charge on any atom is -0.393 e. The molecule has 0 heterocycles. The van der Waals surface area contributed by atoms with E-state index in [0.717, 1.165) is 0 Å². The first kappa shape index (κ1) is 17.2. The number of ether oxygens (including phenoxy) is 2. The van der Waals surface area contributed by atoms with Gasteiger partial charge in [0.1, 0.15) is 11.4 Å². The number of rotatable bonds is 10. The van der Waals surface area contributed by atoms with Crippen LogP contribution in [0.1, 0.15) is 13.8 Å². The van der Waals surface area contributed by atoms with Crippen LogP contribution >= 0.6 is 0 Å². The van der Waals surface area contributed by atoms with Crippen molar-refractivity contribution in [2.24, 2.45) is 0 Å². The van der Waals surface area contributed by atoms with Gasteiger partial charge in [0.2, 0.25) is 0 Å². The van der Waals surface area contributed by atoms with Gasteiger partial charge in [-0.15, -0.1) is 0 Å². The predicted molar refractivity (Wildman–Crippen MR) is 82.7 cm³/mol. The van der Waals surface area contributed by atoms with E-state index in [-0.39, 0.29) is 11.4 Å². The average Bonchev–Trinajstić information content (AvgIpc) is 2.45. The molecule has 0 fully saturated rings. The van der Waals surface area contributed by atoms with E-state index in [2.05, 4.69) is 0 Å². The first-order chi connectivity index (χ1) is 10.1. The van der Waals surface area contributed by atoms with Gasteiger partial charge in [0, 0.05) is 26.3 Å². The highest BCUT2D eigenvalue weighted by Gasteiger charge is 2.22. The molecule has 0 aromatic heterocycles. The number of benzene rings is 1. The van der Waals surface area contributed by atoms with Gasteiger partial charge in [0.15, 0.2) is 0 Å². The molecule has 7 nitrogen and oxygen atoms in total. The van der Waals surface area contributed by atoms with Gasteiger partial charge in [-0.05, 0) is 26.0 Å². The fourth-order valence-corrected chi connectivity index (χ4v) is 1.99. The number of hydrogen-bond donors (Lipinski definition) is 1. The first-order valence-corrected chi connectivity index (χ1v) is 7.05. The quantitative estimate of drug-likeness (QED) is 0.307. The fourth-order valence-electron chi connectivity index (χ4n) is 1.99. The number of nitrogens with two attached hydrogens (primary N) is 1. The highest BCUT2D eigenvalue weighted by molar-refractivity contribution is 5.75. The molecule has 1 rings (SSSR count). The van der Waals surface area contributed by atoms with Crippen LogP contribution in [-0.2, 0) is 9.47 Å². The molecule has 0 aliphatic rings. The maximum Gasteiger partial charge on any atom is 0.315 e. The third kappa shape index (κ3) is 5.20. The number of nitrogen functional groups attached to an aromatic ring is 1. The minimum atomic E-state index is -0.445. The lowest BCUT2D eigenvalue weighted by molar-refractivity contribution is -0.383. The SMILES string of the molecule is CCOCCN(CCOCC)c1cccc(N)c1[N+](=O)[O-]. The third-order valence-electron chi connectivity index (χ3n) is 2.99. The Kier molecular flexibility index (Phi) is 7.49. The lowest BCUT2D eigenvalue weighted by Gasteiger charge is -2.24. The van der Waals surface area contributed by atoms with E-state index < -0.39 is 4.92 Å². The van der Waals surface area contributed by atoms with Gasteiger partial charge >= 0.3 is 5.69 Å². The molecule has 0 saturated carbocycles. The topological polar surface area (TPSA) is 90.9 Å². The summed E-state index contributed by atoms with van der Waals surface area (Å²) in [5, 5.41) is 11.2. The Balaban J connectivity index is 2.95. The Labute approximate surface area is 124 Å². The number of nitro benzene ring substituents is 1. The van der Waals surface area contributed by atoms with Crippen LogP contribution in [0, 0.1) is 10.1 Å². The van der Waals surface area contributed by atoms with Gasteiger partial charge in [-0.25, -0.2) is 0 Å². The van der Waals surface area contributed by atoms with Crippen molar-refractivity contribution in [1.29, 1.82) is 0 Å². The largest absolute Gasteiger partial charge is 0.393 e. The van der Waals surface area contributed by atoms with Crippen molar-refractivity contribution in [2.45, 2.75) is 13.8 Å². The van der Waals surface area contributed by atoms with Gasteiger partial charge in [-0.2, -0.15) is 0 Å². The predicted octanol–water partition coefficient (Wildman–Crippen LogP) is 2.06. The minimum absolute atomic E-state index is 0.0644. The Morgan fingerprint density at radius 3 is 2.24 bits per heavy atom. The molecule has 7 heteroatoms. The van der Waals surface area contributed by atoms with Crippen LogP contribution in [0.5, 0.6) is 0 Å². The van der Waals surface area contributed by atoms with E-state index >= 15 is 0 Å². The van der Waals surface area contributed by atoms with Crippen molar-refractivity contribution in [2.75, 3.05) is 50.2 Å². The first-order valence-electron chi connectivity index (χ1n) is 7.05. The van der Waals surface area contributed by atoms with Crippen LogP contribution in [0.2, 0.25) is 0 Å². The van der Waals surface area contributed by atoms with Crippen LogP contribution in [0.4, 0.5) is 17.1 Å². The molecule has 0 aliphatic heterocycles. The summed E-state index contributed by atoms with van der Waals surface area (Å²) < 4.78 is 10.7. The molecule has 21 heavy (non-hydrogen) atoms. The summed E-state index contributed by atoms with van der Waals surface area (Å²) in [6, 6.07) is 4.95. The van der Waals surface area contributed by atoms with Crippen molar-refractivity contribution in [3.63, 3.8) is 0 Å². The van der Waals surface area contributed by atoms with Gasteiger partial charge in [0.25, 0.3) is 0 Å². The van der Waals surface area contributed by atoms with E-state index in [1.54, 1.807) is 12.1 Å². The second-order valence-electron chi connectivity index (χ2n) is 4.35. The van der Waals surface area contributed by atoms with E-state index in [4.69, 9.17) is 15.2 Å². The second-order valence-corrected chi connectivity index (χ2v) is 4.35. The number of para-hydroxylation sites is 1. The normalized spacial score (nSPS) is 10.6. The summed E-state index contributed by atoms with van der Waals surface area (Å²) in [5.41, 5.74) is 6.34. The van der Waals surface area contributed by atoms with E-state index in [1.807, 2.05) is 18.7 Å². The zero-order chi connectivity index (χ0) is 15.7. The van der Waals surface area contributed by atoms with E-state index in [9.17, 15) is 10.1 Å². The maximum atomic E-state index is 11.2. The number of nitrogens with zero attached hydrogens (tertiary/aromatic N) is 2. The molecular formula is C14H23N3O4. The summed E-state index contributed by atoms with van der Waals surface area (Å²) in [4.78, 5) is 12.7. The van der Waals surface area contributed by atoms with Gasteiger partial charge in [-0.1, -0.05) is 6.07 Å². The van der Waals surface area contributed by atoms with Crippen molar-refractivity contribution >= 4 is 17.1 Å². The molecule has 0 amide bonds. The van der Waals surface area contributed by atoms with Crippen LogP contribution < -0.4 is 10.6 Å². The highest BCUT2D eigenvalue weighted by atomic mass is 16.6. The van der Waals surface area contributed by atoms with Crippen molar-refractivity contribution in [1.82, 2.24) is 0 Å². The molecule has 2 N–H and O–H groups in total. The number of anilines is 2. The van der Waals surface area contributed by atoms with Crippen LogP contribution in [-0.4, -0.2) is 44.4 Å². The molecule has 0 spiro atoms. The zero-order valence-corrected chi connectivity index (χ0v) is 12.6. The molecule has 0 aliphatic carbocycles. The highest BCUT2D eigenvalue weighted by Crippen LogP contribution is 2.33. The molecule has 0 saturated heterocycles. The Hall–Kier alpha value is -1.86. The van der Waals surface area contributed by atoms with Crippen molar-refractivity contribution in [3.8, 4) is 0 Å². The van der Waals surface area contributed by atoms with Crippen LogP contribution in [0.25, 0.3) is 0 Å². The smallest absolute Gasteiger partial charge is 0.315 e. The molecule has 0 unspecified atom stereocenters. The Morgan fingerprint density at radius 1 is 1.19 bits per heavy atom. The summed E-state index contributed by atoms with van der Waals surface area (Å²) in [6.45, 7) is 7.12. The van der Waals surface area contributed by atoms with E-state index in [0.29, 0.717) is 45.2 Å². The number of hydrogen-bond acceptors (Lipinski definition) is 6. The summed E-state index contributed by atoms with van der Waals surface area (Å²) in [5.74, 6) is 0. The molecule has 1 aromatic carbocycles. The maximum absolute atomic E-state index is 11.2. The molecule has 118 valence electrons. The standard InChI is InChI=1S/C14H23N3O4/c1-3-20-10-8-16(9-11-21-4-2)13-7-5-6-12(15)14(13)17(18)19/h5-7H,3-4,8-11,15H2,1-2H3. The molecule has 1 aromatic rings. The molecular weight excluding hydrogens is 274 g/mol.